The lowest BCUT2D eigenvalue weighted by Crippen LogP contribution is -1.94. The Labute approximate surface area is 87.6 Å². The van der Waals surface area contributed by atoms with Crippen LogP contribution in [0.5, 0.6) is 5.75 Å². The second-order valence-electron chi connectivity index (χ2n) is 3.03. The van der Waals surface area contributed by atoms with Crippen LogP contribution in [0.3, 0.4) is 0 Å². The molecule has 2 aromatic rings. The zero-order valence-electron chi connectivity index (χ0n) is 8.43. The molecule has 0 aliphatic carbocycles. The van der Waals surface area contributed by atoms with E-state index in [1.807, 2.05) is 31.2 Å². The third kappa shape index (κ3) is 1.79. The Morgan fingerprint density at radius 1 is 1.33 bits per heavy atom. The molecular formula is C11H12N2O2. The predicted octanol–water partition coefficient (Wildman–Crippen LogP) is 2.32. The second-order valence-corrected chi connectivity index (χ2v) is 3.03. The maximum absolute atomic E-state index is 5.65. The van der Waals surface area contributed by atoms with Gasteiger partial charge in [0, 0.05) is 5.56 Å². The molecule has 0 aliphatic rings. The molecule has 0 fully saturated rings. The first kappa shape index (κ1) is 9.58. The number of nitrogens with zero attached hydrogens (tertiary/aromatic N) is 1. The van der Waals surface area contributed by atoms with Crippen LogP contribution in [0.1, 0.15) is 6.92 Å². The van der Waals surface area contributed by atoms with Crippen molar-refractivity contribution in [2.75, 3.05) is 12.3 Å². The molecule has 2 rings (SSSR count). The fourth-order valence-corrected chi connectivity index (χ4v) is 1.42. The predicted molar refractivity (Wildman–Crippen MR) is 57.5 cm³/mol. The summed E-state index contributed by atoms with van der Waals surface area (Å²) < 4.78 is 10.3. The van der Waals surface area contributed by atoms with Crippen molar-refractivity contribution in [3.8, 4) is 16.9 Å². The zero-order valence-corrected chi connectivity index (χ0v) is 8.43. The third-order valence-electron chi connectivity index (χ3n) is 2.08. The van der Waals surface area contributed by atoms with Crippen LogP contribution in [-0.4, -0.2) is 11.8 Å². The molecule has 0 bridgehead atoms. The lowest BCUT2D eigenvalue weighted by Gasteiger charge is -2.07. The minimum Gasteiger partial charge on any atom is -0.493 e. The highest BCUT2D eigenvalue weighted by Crippen LogP contribution is 2.33. The standard InChI is InChI=1S/C11H12N2O2/c1-2-14-10-6-4-3-5-8(10)9-7-13-15-11(9)12/h3-7H,2,12H2,1H3. The van der Waals surface area contributed by atoms with E-state index >= 15 is 0 Å². The second kappa shape index (κ2) is 4.04. The summed E-state index contributed by atoms with van der Waals surface area (Å²) in [5.41, 5.74) is 7.32. The average Bonchev–Trinajstić information content (AvgIpc) is 2.66. The molecule has 0 radical (unpaired) electrons. The van der Waals surface area contributed by atoms with Gasteiger partial charge >= 0.3 is 0 Å². The number of para-hydroxylation sites is 1. The van der Waals surface area contributed by atoms with Crippen LogP contribution in [0.25, 0.3) is 11.1 Å². The largest absolute Gasteiger partial charge is 0.493 e. The molecule has 0 unspecified atom stereocenters. The van der Waals surface area contributed by atoms with Gasteiger partial charge < -0.3 is 15.0 Å². The quantitative estimate of drug-likeness (QED) is 0.833. The van der Waals surface area contributed by atoms with Crippen molar-refractivity contribution in [2.45, 2.75) is 6.92 Å². The number of nitrogen functional groups attached to an aromatic ring is 1. The summed E-state index contributed by atoms with van der Waals surface area (Å²) in [4.78, 5) is 0. The normalized spacial score (nSPS) is 10.2. The highest BCUT2D eigenvalue weighted by atomic mass is 16.5. The first-order chi connectivity index (χ1) is 7.33. The Balaban J connectivity index is 2.48. The highest BCUT2D eigenvalue weighted by molar-refractivity contribution is 5.76. The Morgan fingerprint density at radius 3 is 2.80 bits per heavy atom. The highest BCUT2D eigenvalue weighted by Gasteiger charge is 2.11. The van der Waals surface area contributed by atoms with E-state index in [9.17, 15) is 0 Å². The molecule has 1 aromatic heterocycles. The number of rotatable bonds is 3. The number of nitrogens with two attached hydrogens (primary N) is 1. The summed E-state index contributed by atoms with van der Waals surface area (Å²) in [6.07, 6.45) is 1.59. The molecule has 0 aliphatic heterocycles. The van der Waals surface area contributed by atoms with E-state index < -0.39 is 0 Å². The van der Waals surface area contributed by atoms with Crippen molar-refractivity contribution in [1.29, 1.82) is 0 Å². The first-order valence-electron chi connectivity index (χ1n) is 4.75. The van der Waals surface area contributed by atoms with Gasteiger partial charge in [-0.1, -0.05) is 23.4 Å². The lowest BCUT2D eigenvalue weighted by molar-refractivity contribution is 0.341. The number of anilines is 1. The number of hydrogen-bond acceptors (Lipinski definition) is 4. The van der Waals surface area contributed by atoms with Crippen molar-refractivity contribution >= 4 is 5.88 Å². The van der Waals surface area contributed by atoms with Gasteiger partial charge in [0.05, 0.1) is 18.4 Å². The minimum atomic E-state index is 0.308. The maximum Gasteiger partial charge on any atom is 0.230 e. The molecule has 0 saturated heterocycles. The summed E-state index contributed by atoms with van der Waals surface area (Å²) in [6, 6.07) is 7.65. The molecule has 0 atom stereocenters. The molecule has 4 heteroatoms. The van der Waals surface area contributed by atoms with Gasteiger partial charge in [0.1, 0.15) is 5.75 Å². The molecule has 15 heavy (non-hydrogen) atoms. The SMILES string of the molecule is CCOc1ccccc1-c1cnoc1N. The van der Waals surface area contributed by atoms with Crippen LogP contribution in [0.4, 0.5) is 5.88 Å². The Morgan fingerprint density at radius 2 is 2.13 bits per heavy atom. The van der Waals surface area contributed by atoms with E-state index in [0.29, 0.717) is 12.5 Å². The molecule has 0 amide bonds. The summed E-state index contributed by atoms with van der Waals surface area (Å²) in [5, 5.41) is 3.64. The number of aromatic nitrogens is 1. The summed E-state index contributed by atoms with van der Waals surface area (Å²) >= 11 is 0. The van der Waals surface area contributed by atoms with Gasteiger partial charge in [-0.05, 0) is 13.0 Å². The van der Waals surface area contributed by atoms with Gasteiger partial charge in [0.25, 0.3) is 0 Å². The Bertz CT molecular complexity index is 451. The van der Waals surface area contributed by atoms with Gasteiger partial charge in [-0.25, -0.2) is 0 Å². The van der Waals surface area contributed by atoms with Crippen molar-refractivity contribution in [3.63, 3.8) is 0 Å². The fourth-order valence-electron chi connectivity index (χ4n) is 1.42. The molecule has 78 valence electrons. The van der Waals surface area contributed by atoms with Gasteiger partial charge in [0.2, 0.25) is 5.88 Å². The van der Waals surface area contributed by atoms with E-state index in [-0.39, 0.29) is 0 Å². The minimum absolute atomic E-state index is 0.308. The summed E-state index contributed by atoms with van der Waals surface area (Å²) in [5.74, 6) is 1.09. The van der Waals surface area contributed by atoms with Crippen LogP contribution >= 0.6 is 0 Å². The monoisotopic (exact) mass is 204 g/mol. The third-order valence-corrected chi connectivity index (χ3v) is 2.08. The van der Waals surface area contributed by atoms with Crippen LogP contribution < -0.4 is 10.5 Å². The molecule has 4 nitrogen and oxygen atoms in total. The lowest BCUT2D eigenvalue weighted by atomic mass is 10.1. The molecule has 1 heterocycles. The first-order valence-corrected chi connectivity index (χ1v) is 4.75. The topological polar surface area (TPSA) is 61.3 Å². The van der Waals surface area contributed by atoms with Crippen LogP contribution in [0.2, 0.25) is 0 Å². The van der Waals surface area contributed by atoms with Crippen LogP contribution in [-0.2, 0) is 0 Å². The van der Waals surface area contributed by atoms with E-state index in [1.165, 1.54) is 0 Å². The van der Waals surface area contributed by atoms with E-state index in [4.69, 9.17) is 15.0 Å². The molecular weight excluding hydrogens is 192 g/mol. The van der Waals surface area contributed by atoms with Crippen molar-refractivity contribution in [3.05, 3.63) is 30.5 Å². The van der Waals surface area contributed by atoms with Gasteiger partial charge in [-0.2, -0.15) is 0 Å². The molecule has 2 N–H and O–H groups in total. The van der Waals surface area contributed by atoms with E-state index in [2.05, 4.69) is 5.16 Å². The summed E-state index contributed by atoms with van der Waals surface area (Å²) in [6.45, 7) is 2.55. The maximum atomic E-state index is 5.65. The smallest absolute Gasteiger partial charge is 0.230 e. The molecule has 0 spiro atoms. The molecule has 1 aromatic carbocycles. The van der Waals surface area contributed by atoms with Gasteiger partial charge in [-0.15, -0.1) is 0 Å². The Hall–Kier alpha value is -1.97. The zero-order chi connectivity index (χ0) is 10.7. The van der Waals surface area contributed by atoms with E-state index in [1.54, 1.807) is 6.20 Å². The fraction of sp³-hybridized carbons (Fsp3) is 0.182. The Kier molecular flexibility index (Phi) is 2.58. The molecule has 0 saturated carbocycles. The van der Waals surface area contributed by atoms with Crippen molar-refractivity contribution in [2.24, 2.45) is 0 Å². The van der Waals surface area contributed by atoms with E-state index in [0.717, 1.165) is 16.9 Å². The van der Waals surface area contributed by atoms with Gasteiger partial charge in [-0.3, -0.25) is 0 Å². The summed E-state index contributed by atoms with van der Waals surface area (Å²) in [7, 11) is 0. The number of ether oxygens (including phenoxy) is 1. The average molecular weight is 204 g/mol. The number of hydrogen-bond donors (Lipinski definition) is 1. The van der Waals surface area contributed by atoms with Gasteiger partial charge in [0.15, 0.2) is 0 Å². The van der Waals surface area contributed by atoms with Crippen molar-refractivity contribution in [1.82, 2.24) is 5.16 Å². The number of benzene rings is 1. The van der Waals surface area contributed by atoms with Crippen molar-refractivity contribution < 1.29 is 9.26 Å². The van der Waals surface area contributed by atoms with Crippen LogP contribution in [0.15, 0.2) is 35.0 Å². The van der Waals surface area contributed by atoms with Crippen LogP contribution in [0, 0.1) is 0 Å².